The van der Waals surface area contributed by atoms with Crippen LogP contribution < -0.4 is 0 Å². The van der Waals surface area contributed by atoms with E-state index < -0.39 is 0 Å². The molecule has 0 bridgehead atoms. The summed E-state index contributed by atoms with van der Waals surface area (Å²) in [6.45, 7) is 0. The molecule has 0 aliphatic rings. The van der Waals surface area contributed by atoms with Crippen LogP contribution in [0.2, 0.25) is 0 Å². The van der Waals surface area contributed by atoms with Crippen LogP contribution in [0.15, 0.2) is 180 Å². The number of hydrogen-bond donors (Lipinski definition) is 0. The smallest absolute Gasteiger partial charge is 0.180 e. The molecule has 3 heterocycles. The topological polar surface area (TPSA) is 43.9 Å². The van der Waals surface area contributed by atoms with Gasteiger partial charge >= 0.3 is 0 Å². The van der Waals surface area contributed by atoms with Gasteiger partial charge in [0, 0.05) is 38.4 Å². The molecular formula is C46H29N3O. The number of fused-ring (bicyclic) bond motifs is 6. The van der Waals surface area contributed by atoms with Gasteiger partial charge in [-0.1, -0.05) is 140 Å². The summed E-state index contributed by atoms with van der Waals surface area (Å²) in [6, 6.07) is 61.6. The Morgan fingerprint density at radius 1 is 0.420 bits per heavy atom. The molecular weight excluding hydrogens is 611 g/mol. The van der Waals surface area contributed by atoms with Gasteiger partial charge in [-0.3, -0.25) is 0 Å². The second kappa shape index (κ2) is 11.4. The van der Waals surface area contributed by atoms with Crippen molar-refractivity contribution in [2.24, 2.45) is 0 Å². The second-order valence-corrected chi connectivity index (χ2v) is 12.6. The Morgan fingerprint density at radius 2 is 0.900 bits per heavy atom. The van der Waals surface area contributed by atoms with Gasteiger partial charge in [0.25, 0.3) is 0 Å². The van der Waals surface area contributed by atoms with Crippen LogP contribution in [0.1, 0.15) is 0 Å². The highest BCUT2D eigenvalue weighted by Gasteiger charge is 2.24. The molecule has 10 rings (SSSR count). The van der Waals surface area contributed by atoms with Crippen LogP contribution in [0.4, 0.5) is 0 Å². The predicted molar refractivity (Wildman–Crippen MR) is 205 cm³/mol. The predicted octanol–water partition coefficient (Wildman–Crippen LogP) is 12.1. The lowest BCUT2D eigenvalue weighted by molar-refractivity contribution is 0.667. The van der Waals surface area contributed by atoms with Gasteiger partial charge < -0.3 is 8.98 Å². The largest absolute Gasteiger partial charge is 0.452 e. The standard InChI is InChI=1S/C46H29N3O/c1-4-16-30(17-5-1)37-28-33(42-45-43(36-24-12-15-27-41(36)50-45)48-46(47-42)32-20-8-3-9-21-32)29-38(31-18-6-2-7-19-31)44(37)49-39-25-13-10-22-34(39)35-23-11-14-26-40(35)49/h1-29H. The Kier molecular flexibility index (Phi) is 6.46. The molecule has 4 nitrogen and oxygen atoms in total. The van der Waals surface area contributed by atoms with Crippen LogP contribution in [0.3, 0.4) is 0 Å². The van der Waals surface area contributed by atoms with Crippen molar-refractivity contribution >= 4 is 43.9 Å². The number of hydrogen-bond acceptors (Lipinski definition) is 3. The van der Waals surface area contributed by atoms with Crippen LogP contribution in [-0.2, 0) is 0 Å². The zero-order valence-electron chi connectivity index (χ0n) is 27.0. The van der Waals surface area contributed by atoms with E-state index in [0.717, 1.165) is 72.3 Å². The molecule has 0 saturated heterocycles. The molecule has 0 atom stereocenters. The van der Waals surface area contributed by atoms with Crippen molar-refractivity contribution in [2.75, 3.05) is 0 Å². The van der Waals surface area contributed by atoms with Crippen molar-refractivity contribution in [3.8, 4) is 50.6 Å². The first-order valence-electron chi connectivity index (χ1n) is 16.8. The van der Waals surface area contributed by atoms with Gasteiger partial charge in [-0.05, 0) is 47.5 Å². The minimum Gasteiger partial charge on any atom is -0.452 e. The van der Waals surface area contributed by atoms with Crippen LogP contribution >= 0.6 is 0 Å². The Hall–Kier alpha value is -6.78. The lowest BCUT2D eigenvalue weighted by Gasteiger charge is -2.21. The van der Waals surface area contributed by atoms with E-state index in [1.807, 2.05) is 36.4 Å². The van der Waals surface area contributed by atoms with Gasteiger partial charge in [-0.2, -0.15) is 0 Å². The lowest BCUT2D eigenvalue weighted by atomic mass is 9.91. The number of furan rings is 1. The SMILES string of the molecule is c1ccc(-c2nc(-c3cc(-c4ccccc4)c(-n4c5ccccc5c5ccccc54)c(-c4ccccc4)c3)c3oc4ccccc4c3n2)cc1. The summed E-state index contributed by atoms with van der Waals surface area (Å²) < 4.78 is 9.04. The number of rotatable bonds is 5. The first-order chi connectivity index (χ1) is 24.8. The summed E-state index contributed by atoms with van der Waals surface area (Å²) >= 11 is 0. The van der Waals surface area contributed by atoms with Gasteiger partial charge in [0.05, 0.1) is 16.7 Å². The van der Waals surface area contributed by atoms with Crippen LogP contribution in [0, 0.1) is 0 Å². The third-order valence-electron chi connectivity index (χ3n) is 9.61. The molecule has 0 aliphatic carbocycles. The first-order valence-corrected chi connectivity index (χ1v) is 16.8. The summed E-state index contributed by atoms with van der Waals surface area (Å²) in [5.41, 5.74) is 12.8. The minimum atomic E-state index is 0.661. The normalized spacial score (nSPS) is 11.6. The van der Waals surface area contributed by atoms with Crippen molar-refractivity contribution in [3.63, 3.8) is 0 Å². The average molecular weight is 640 g/mol. The number of nitrogens with zero attached hydrogens (tertiary/aromatic N) is 3. The molecule has 0 unspecified atom stereocenters. The van der Waals surface area contributed by atoms with Crippen LogP contribution in [0.5, 0.6) is 0 Å². The summed E-state index contributed by atoms with van der Waals surface area (Å²) in [4.78, 5) is 10.4. The van der Waals surface area contributed by atoms with Gasteiger partial charge in [-0.25, -0.2) is 9.97 Å². The highest BCUT2D eigenvalue weighted by atomic mass is 16.3. The summed E-state index contributed by atoms with van der Waals surface area (Å²) in [5.74, 6) is 0.661. The highest BCUT2D eigenvalue weighted by molar-refractivity contribution is 6.11. The molecule has 0 aliphatic heterocycles. The molecule has 3 aromatic heterocycles. The summed E-state index contributed by atoms with van der Waals surface area (Å²) in [5, 5.41) is 3.41. The summed E-state index contributed by atoms with van der Waals surface area (Å²) in [7, 11) is 0. The van der Waals surface area contributed by atoms with E-state index in [0.29, 0.717) is 11.4 Å². The van der Waals surface area contributed by atoms with Crippen molar-refractivity contribution < 1.29 is 4.42 Å². The third kappa shape index (κ3) is 4.46. The van der Waals surface area contributed by atoms with Crippen molar-refractivity contribution in [2.45, 2.75) is 0 Å². The fourth-order valence-corrected chi connectivity index (χ4v) is 7.35. The molecule has 0 spiro atoms. The van der Waals surface area contributed by atoms with E-state index in [9.17, 15) is 0 Å². The van der Waals surface area contributed by atoms with E-state index >= 15 is 0 Å². The third-order valence-corrected chi connectivity index (χ3v) is 9.61. The molecule has 0 amide bonds. The van der Waals surface area contributed by atoms with Crippen molar-refractivity contribution in [1.82, 2.24) is 14.5 Å². The van der Waals surface area contributed by atoms with E-state index in [4.69, 9.17) is 14.4 Å². The molecule has 0 radical (unpaired) electrons. The number of aromatic nitrogens is 3. The Balaban J connectivity index is 1.37. The van der Waals surface area contributed by atoms with Gasteiger partial charge in [-0.15, -0.1) is 0 Å². The molecule has 10 aromatic rings. The monoisotopic (exact) mass is 639 g/mol. The van der Waals surface area contributed by atoms with Gasteiger partial charge in [0.2, 0.25) is 0 Å². The van der Waals surface area contributed by atoms with E-state index in [-0.39, 0.29) is 0 Å². The average Bonchev–Trinajstić information content (AvgIpc) is 3.74. The molecule has 7 aromatic carbocycles. The maximum Gasteiger partial charge on any atom is 0.180 e. The maximum absolute atomic E-state index is 6.61. The Labute approximate surface area is 288 Å². The Bertz CT molecular complexity index is 2740. The number of para-hydroxylation sites is 3. The van der Waals surface area contributed by atoms with Crippen molar-refractivity contribution in [3.05, 3.63) is 176 Å². The fourth-order valence-electron chi connectivity index (χ4n) is 7.35. The maximum atomic E-state index is 6.61. The molecule has 0 N–H and O–H groups in total. The van der Waals surface area contributed by atoms with Gasteiger partial charge in [0.15, 0.2) is 11.4 Å². The van der Waals surface area contributed by atoms with E-state index in [2.05, 4.69) is 144 Å². The van der Waals surface area contributed by atoms with Crippen molar-refractivity contribution in [1.29, 1.82) is 0 Å². The van der Waals surface area contributed by atoms with Crippen LogP contribution in [-0.4, -0.2) is 14.5 Å². The highest BCUT2D eigenvalue weighted by Crippen LogP contribution is 2.45. The Morgan fingerprint density at radius 3 is 1.48 bits per heavy atom. The first kappa shape index (κ1) is 28.3. The second-order valence-electron chi connectivity index (χ2n) is 12.6. The van der Waals surface area contributed by atoms with Crippen LogP contribution in [0.25, 0.3) is 94.5 Å². The zero-order chi connectivity index (χ0) is 33.0. The lowest BCUT2D eigenvalue weighted by Crippen LogP contribution is -2.02. The van der Waals surface area contributed by atoms with E-state index in [1.54, 1.807) is 0 Å². The molecule has 4 heteroatoms. The fraction of sp³-hybridized carbons (Fsp3) is 0. The van der Waals surface area contributed by atoms with E-state index in [1.165, 1.54) is 10.8 Å². The molecule has 0 saturated carbocycles. The minimum absolute atomic E-state index is 0.661. The quantitative estimate of drug-likeness (QED) is 0.188. The van der Waals surface area contributed by atoms with Gasteiger partial charge in [0.1, 0.15) is 16.8 Å². The number of benzene rings is 7. The summed E-state index contributed by atoms with van der Waals surface area (Å²) in [6.07, 6.45) is 0. The molecule has 0 fully saturated rings. The zero-order valence-corrected chi connectivity index (χ0v) is 27.0. The molecule has 234 valence electrons. The molecule has 50 heavy (non-hydrogen) atoms.